The van der Waals surface area contributed by atoms with Crippen molar-refractivity contribution >= 4 is 34.4 Å². The van der Waals surface area contributed by atoms with Crippen molar-refractivity contribution in [2.45, 2.75) is 65.0 Å². The van der Waals surface area contributed by atoms with Crippen LogP contribution in [0.3, 0.4) is 0 Å². The molecule has 9 nitrogen and oxygen atoms in total. The van der Waals surface area contributed by atoms with Gasteiger partial charge in [-0.2, -0.15) is 0 Å². The summed E-state index contributed by atoms with van der Waals surface area (Å²) >= 11 is 0. The first-order valence-electron chi connectivity index (χ1n) is 11.4. The van der Waals surface area contributed by atoms with E-state index in [1.165, 1.54) is 0 Å². The van der Waals surface area contributed by atoms with Crippen molar-refractivity contribution < 1.29 is 19.1 Å². The lowest BCUT2D eigenvalue weighted by Crippen LogP contribution is -2.50. The Bertz CT molecular complexity index is 986. The minimum absolute atomic E-state index is 0.0122. The van der Waals surface area contributed by atoms with E-state index in [0.29, 0.717) is 41.3 Å². The molecule has 2 aromatic rings. The van der Waals surface area contributed by atoms with Crippen LogP contribution in [0.1, 0.15) is 53.4 Å². The zero-order chi connectivity index (χ0) is 22.9. The first kappa shape index (κ1) is 22.4. The van der Waals surface area contributed by atoms with Crippen LogP contribution in [0, 0.1) is 5.92 Å². The van der Waals surface area contributed by atoms with Crippen LogP contribution in [0.15, 0.2) is 12.4 Å². The molecule has 1 aliphatic heterocycles. The molecule has 2 fully saturated rings. The molecule has 4 rings (SSSR count). The van der Waals surface area contributed by atoms with Gasteiger partial charge in [-0.3, -0.25) is 9.69 Å². The zero-order valence-electron chi connectivity index (χ0n) is 19.3. The number of ether oxygens (including phenoxy) is 2. The quantitative estimate of drug-likeness (QED) is 0.627. The topological polar surface area (TPSA) is 109 Å². The Labute approximate surface area is 188 Å². The molecule has 0 radical (unpaired) electrons. The van der Waals surface area contributed by atoms with E-state index in [-0.39, 0.29) is 17.9 Å². The number of H-pyrrole nitrogens is 1. The summed E-state index contributed by atoms with van der Waals surface area (Å²) in [5.74, 6) is 0.524. The number of aromatic nitrogens is 2. The lowest BCUT2D eigenvalue weighted by Gasteiger charge is -2.36. The van der Waals surface area contributed by atoms with Crippen LogP contribution >= 0.6 is 0 Å². The Morgan fingerprint density at radius 3 is 2.69 bits per heavy atom. The van der Waals surface area contributed by atoms with Crippen molar-refractivity contribution in [3.8, 4) is 5.75 Å². The molecule has 0 aromatic carbocycles. The van der Waals surface area contributed by atoms with Crippen LogP contribution in [-0.4, -0.2) is 53.3 Å². The SMILES string of the molecule is CCOc1cnc2[nH]cc(NC(=O)C3CC3)c2c1N(C(=O)OC(C)(C)C)[C@@H]1CCCNC1. The molecule has 9 heteroatoms. The smallest absolute Gasteiger partial charge is 0.415 e. The molecule has 1 saturated heterocycles. The molecule has 0 unspecified atom stereocenters. The zero-order valence-corrected chi connectivity index (χ0v) is 19.3. The first-order chi connectivity index (χ1) is 15.3. The number of carbonyl (C=O) groups is 2. The predicted octanol–water partition coefficient (Wildman–Crippen LogP) is 3.80. The second-order valence-electron chi connectivity index (χ2n) is 9.44. The summed E-state index contributed by atoms with van der Waals surface area (Å²) in [6, 6.07) is -0.120. The van der Waals surface area contributed by atoms with Gasteiger partial charge >= 0.3 is 6.09 Å². The van der Waals surface area contributed by atoms with Crippen LogP contribution in [0.2, 0.25) is 0 Å². The number of hydrogen-bond acceptors (Lipinski definition) is 6. The molecule has 0 bridgehead atoms. The number of carbonyl (C=O) groups excluding carboxylic acids is 2. The Kier molecular flexibility index (Phi) is 6.28. The van der Waals surface area contributed by atoms with Gasteiger partial charge in [-0.05, 0) is 59.9 Å². The summed E-state index contributed by atoms with van der Waals surface area (Å²) < 4.78 is 11.7. The molecule has 1 saturated carbocycles. The van der Waals surface area contributed by atoms with E-state index in [9.17, 15) is 9.59 Å². The van der Waals surface area contributed by atoms with Crippen LogP contribution in [0.25, 0.3) is 11.0 Å². The second kappa shape index (κ2) is 8.97. The van der Waals surface area contributed by atoms with Crippen molar-refractivity contribution in [3.05, 3.63) is 12.4 Å². The molecule has 2 aromatic heterocycles. The highest BCUT2D eigenvalue weighted by Crippen LogP contribution is 2.42. The fourth-order valence-electron chi connectivity index (χ4n) is 4.03. The third-order valence-corrected chi connectivity index (χ3v) is 5.61. The van der Waals surface area contributed by atoms with Crippen LogP contribution in [-0.2, 0) is 9.53 Å². The average Bonchev–Trinajstić information content (AvgIpc) is 3.51. The molecule has 32 heavy (non-hydrogen) atoms. The minimum Gasteiger partial charge on any atom is -0.490 e. The highest BCUT2D eigenvalue weighted by atomic mass is 16.6. The second-order valence-corrected chi connectivity index (χ2v) is 9.44. The Hall–Kier alpha value is -2.81. The number of pyridine rings is 1. The van der Waals surface area contributed by atoms with Gasteiger partial charge in [0.05, 0.1) is 29.9 Å². The van der Waals surface area contributed by atoms with Gasteiger partial charge in [0.2, 0.25) is 5.91 Å². The van der Waals surface area contributed by atoms with E-state index in [1.807, 2.05) is 27.7 Å². The van der Waals surface area contributed by atoms with E-state index in [0.717, 1.165) is 32.2 Å². The molecular weight excluding hydrogens is 410 g/mol. The van der Waals surface area contributed by atoms with E-state index in [1.54, 1.807) is 17.3 Å². The Morgan fingerprint density at radius 1 is 1.28 bits per heavy atom. The molecular formula is C23H33N5O4. The summed E-state index contributed by atoms with van der Waals surface area (Å²) in [5.41, 5.74) is 1.09. The molecule has 2 amide bonds. The highest BCUT2D eigenvalue weighted by Gasteiger charge is 2.36. The molecule has 2 aliphatic rings. The molecule has 0 spiro atoms. The first-order valence-corrected chi connectivity index (χ1v) is 11.4. The third kappa shape index (κ3) is 4.82. The van der Waals surface area contributed by atoms with Gasteiger partial charge in [0.15, 0.2) is 5.75 Å². The monoisotopic (exact) mass is 443 g/mol. The predicted molar refractivity (Wildman–Crippen MR) is 123 cm³/mol. The number of amides is 2. The van der Waals surface area contributed by atoms with Gasteiger partial charge in [0.1, 0.15) is 16.9 Å². The van der Waals surface area contributed by atoms with E-state index in [4.69, 9.17) is 9.47 Å². The number of nitrogens with one attached hydrogen (secondary N) is 3. The van der Waals surface area contributed by atoms with Crippen molar-refractivity contribution in [2.75, 3.05) is 29.9 Å². The molecule has 1 aliphatic carbocycles. The summed E-state index contributed by atoms with van der Waals surface area (Å²) in [6.45, 7) is 9.42. The number of hydrogen-bond donors (Lipinski definition) is 3. The van der Waals surface area contributed by atoms with E-state index < -0.39 is 11.7 Å². The number of piperidine rings is 1. The van der Waals surface area contributed by atoms with Gasteiger partial charge in [-0.25, -0.2) is 9.78 Å². The average molecular weight is 444 g/mol. The maximum Gasteiger partial charge on any atom is 0.415 e. The lowest BCUT2D eigenvalue weighted by molar-refractivity contribution is -0.117. The van der Waals surface area contributed by atoms with Crippen LogP contribution in [0.4, 0.5) is 16.2 Å². The Morgan fingerprint density at radius 2 is 2.06 bits per heavy atom. The fraction of sp³-hybridized carbons (Fsp3) is 0.609. The van der Waals surface area contributed by atoms with Gasteiger partial charge in [-0.15, -0.1) is 0 Å². The largest absolute Gasteiger partial charge is 0.490 e. The molecule has 3 heterocycles. The number of nitrogens with zero attached hydrogens (tertiary/aromatic N) is 2. The van der Waals surface area contributed by atoms with Crippen molar-refractivity contribution in [1.82, 2.24) is 15.3 Å². The summed E-state index contributed by atoms with van der Waals surface area (Å²) in [4.78, 5) is 35.4. The number of fused-ring (bicyclic) bond motifs is 1. The summed E-state index contributed by atoms with van der Waals surface area (Å²) in [6.07, 6.45) is 6.49. The van der Waals surface area contributed by atoms with Gasteiger partial charge < -0.3 is 25.1 Å². The van der Waals surface area contributed by atoms with Gasteiger partial charge in [-0.1, -0.05) is 0 Å². The molecule has 174 valence electrons. The standard InChI is InChI=1S/C23H33N5O4/c1-5-31-17-13-26-20-18(16(12-25-20)27-21(29)14-8-9-14)19(17)28(15-7-6-10-24-11-15)22(30)32-23(2,3)4/h12-15,24H,5-11H2,1-4H3,(H,25,26)(H,27,29)/t15-/m1/s1. The van der Waals surface area contributed by atoms with Gasteiger partial charge in [0, 0.05) is 18.7 Å². The minimum atomic E-state index is -0.656. The molecule has 1 atom stereocenters. The van der Waals surface area contributed by atoms with Gasteiger partial charge in [0.25, 0.3) is 0 Å². The van der Waals surface area contributed by atoms with Crippen molar-refractivity contribution in [1.29, 1.82) is 0 Å². The van der Waals surface area contributed by atoms with Crippen molar-refractivity contribution in [3.63, 3.8) is 0 Å². The lowest BCUT2D eigenvalue weighted by atomic mass is 10.0. The fourth-order valence-corrected chi connectivity index (χ4v) is 4.03. The number of aromatic amines is 1. The normalized spacial score (nSPS) is 18.9. The summed E-state index contributed by atoms with van der Waals surface area (Å²) in [7, 11) is 0. The van der Waals surface area contributed by atoms with Crippen molar-refractivity contribution in [2.24, 2.45) is 5.92 Å². The highest BCUT2D eigenvalue weighted by molar-refractivity contribution is 6.11. The van der Waals surface area contributed by atoms with E-state index in [2.05, 4.69) is 20.6 Å². The van der Waals surface area contributed by atoms with Crippen LogP contribution < -0.4 is 20.3 Å². The molecule has 3 N–H and O–H groups in total. The van der Waals surface area contributed by atoms with E-state index >= 15 is 0 Å². The third-order valence-electron chi connectivity index (χ3n) is 5.61. The maximum absolute atomic E-state index is 13.5. The summed E-state index contributed by atoms with van der Waals surface area (Å²) in [5, 5.41) is 7.06. The maximum atomic E-state index is 13.5. The van der Waals surface area contributed by atoms with Crippen LogP contribution in [0.5, 0.6) is 5.75 Å². The Balaban J connectivity index is 1.85. The number of rotatable bonds is 6. The number of anilines is 2.